The minimum absolute atomic E-state index is 0.893. The number of hydrogen-bond donors (Lipinski definition) is 0. The van der Waals surface area contributed by atoms with E-state index in [2.05, 4.69) is 246 Å². The molecular formula is C68H57NO. The minimum atomic E-state index is 0.893. The lowest BCUT2D eigenvalue weighted by Crippen LogP contribution is -1.93. The van der Waals surface area contributed by atoms with E-state index in [0.717, 1.165) is 44.3 Å². The lowest BCUT2D eigenvalue weighted by Gasteiger charge is -2.17. The van der Waals surface area contributed by atoms with Crippen LogP contribution in [0.4, 0.5) is 0 Å². The first-order valence-electron chi connectivity index (χ1n) is 24.2. The zero-order chi connectivity index (χ0) is 48.6. The minimum Gasteiger partial charge on any atom is -0.456 e. The molecule has 12 rings (SSSR count). The molecule has 2 heterocycles. The Hall–Kier alpha value is -8.59. The largest absolute Gasteiger partial charge is 0.456 e. The maximum Gasteiger partial charge on any atom is 0.136 e. The van der Waals surface area contributed by atoms with Crippen LogP contribution in [0, 0.1) is 6.92 Å². The normalized spacial score (nSPS) is 11.1. The predicted octanol–water partition coefficient (Wildman–Crippen LogP) is 20.1. The van der Waals surface area contributed by atoms with Crippen LogP contribution in [0.1, 0.15) is 38.8 Å². The molecule has 70 heavy (non-hydrogen) atoms. The van der Waals surface area contributed by atoms with Gasteiger partial charge in [0.05, 0.1) is 5.69 Å². The Balaban J connectivity index is 0.000000308. The van der Waals surface area contributed by atoms with Gasteiger partial charge in [-0.2, -0.15) is 0 Å². The third-order valence-electron chi connectivity index (χ3n) is 13.1. The Kier molecular flexibility index (Phi) is 14.1. The van der Waals surface area contributed by atoms with Crippen LogP contribution < -0.4 is 0 Å². The summed E-state index contributed by atoms with van der Waals surface area (Å²) in [5.41, 5.74) is 15.1. The second-order valence-corrected chi connectivity index (χ2v) is 17.1. The highest BCUT2D eigenvalue weighted by molar-refractivity contribution is 6.21. The van der Waals surface area contributed by atoms with Crippen LogP contribution in [0.15, 0.2) is 248 Å². The van der Waals surface area contributed by atoms with Gasteiger partial charge in [0.1, 0.15) is 11.2 Å². The molecule has 0 atom stereocenters. The van der Waals surface area contributed by atoms with Crippen LogP contribution in [-0.4, -0.2) is 4.98 Å². The molecule has 12 aromatic rings. The molecule has 0 radical (unpaired) electrons. The molecular weight excluding hydrogens is 847 g/mol. The topological polar surface area (TPSA) is 26.0 Å². The summed E-state index contributed by atoms with van der Waals surface area (Å²) in [5, 5.41) is 12.0. The molecule has 0 saturated heterocycles. The number of allylic oxidation sites excluding steroid dienone is 4. The van der Waals surface area contributed by atoms with Gasteiger partial charge in [0, 0.05) is 28.1 Å². The van der Waals surface area contributed by atoms with Crippen molar-refractivity contribution in [2.45, 2.75) is 34.6 Å². The third-order valence-corrected chi connectivity index (χ3v) is 13.1. The summed E-state index contributed by atoms with van der Waals surface area (Å²) >= 11 is 0. The first-order valence-corrected chi connectivity index (χ1v) is 24.2. The van der Waals surface area contributed by atoms with E-state index in [0.29, 0.717) is 0 Å². The van der Waals surface area contributed by atoms with Gasteiger partial charge in [-0.15, -0.1) is 0 Å². The molecule has 2 nitrogen and oxygen atoms in total. The number of rotatable bonds is 6. The summed E-state index contributed by atoms with van der Waals surface area (Å²) in [6.07, 6.45) is 7.43. The molecule has 2 aromatic heterocycles. The predicted molar refractivity (Wildman–Crippen MR) is 306 cm³/mol. The molecule has 0 N–H and O–H groups in total. The Bertz CT molecular complexity index is 3780. The van der Waals surface area contributed by atoms with Gasteiger partial charge in [-0.3, -0.25) is 4.98 Å². The molecule has 340 valence electrons. The van der Waals surface area contributed by atoms with E-state index in [9.17, 15) is 0 Å². The van der Waals surface area contributed by atoms with Gasteiger partial charge in [0.2, 0.25) is 0 Å². The van der Waals surface area contributed by atoms with Crippen LogP contribution in [-0.2, 0) is 0 Å². The van der Waals surface area contributed by atoms with E-state index in [1.165, 1.54) is 82.0 Å². The Morgan fingerprint density at radius 1 is 0.443 bits per heavy atom. The number of aryl methyl sites for hydroxylation is 1. The smallest absolute Gasteiger partial charge is 0.136 e. The quantitative estimate of drug-likeness (QED) is 0.123. The maximum atomic E-state index is 6.28. The molecule has 2 heteroatoms. The fourth-order valence-corrected chi connectivity index (χ4v) is 9.53. The molecule has 0 aliphatic heterocycles. The van der Waals surface area contributed by atoms with Crippen molar-refractivity contribution in [3.63, 3.8) is 0 Å². The summed E-state index contributed by atoms with van der Waals surface area (Å²) in [7, 11) is 0. The number of benzene rings is 10. The van der Waals surface area contributed by atoms with Crippen molar-refractivity contribution in [3.8, 4) is 44.6 Å². The van der Waals surface area contributed by atoms with Gasteiger partial charge in [0.25, 0.3) is 0 Å². The van der Waals surface area contributed by atoms with Crippen molar-refractivity contribution in [1.82, 2.24) is 4.98 Å². The second kappa shape index (κ2) is 21.1. The van der Waals surface area contributed by atoms with Crippen molar-refractivity contribution in [1.29, 1.82) is 0 Å². The SMILES string of the molecule is C/C=C(\C)c1ccccc1C.C=CC=C.CC.c1ccc2cc3c(cc2c1)oc1ccc(-c2ccc(-c4c5ccccc5c(-c5ccc(-c6cccc7ccccc67)cc5)c5ccccc45)nc2)cc13. The highest BCUT2D eigenvalue weighted by atomic mass is 16.3. The third kappa shape index (κ3) is 9.20. The van der Waals surface area contributed by atoms with Crippen molar-refractivity contribution < 1.29 is 4.42 Å². The highest BCUT2D eigenvalue weighted by Gasteiger charge is 2.18. The molecule has 10 aromatic carbocycles. The van der Waals surface area contributed by atoms with Crippen LogP contribution >= 0.6 is 0 Å². The summed E-state index contributed by atoms with van der Waals surface area (Å²) in [5.74, 6) is 0. The first-order chi connectivity index (χ1) is 34.4. The van der Waals surface area contributed by atoms with Crippen LogP contribution in [0.3, 0.4) is 0 Å². The average Bonchev–Trinajstić information content (AvgIpc) is 3.79. The standard InChI is InChI=1S/C51H31NO.C11H14.C4H6.C2H6/c1-2-12-36-30-49-46(28-35(36)11-1)45-29-37(25-27-48(45)53-49)38-24-26-47(52-31-38)51-43-17-7-5-15-41(43)50(42-16-6-8-18-44(42)51)34-22-20-33(21-23-34)40-19-9-13-32-10-3-4-14-39(32)40;1-4-9(2)11-8-6-5-7-10(11)3;1-3-4-2;1-2/h1-31H;4-8H,1-3H3;3-4H,1-2H2;1-2H3/b;9-4+;;. The molecule has 0 amide bonds. The van der Waals surface area contributed by atoms with Crippen molar-refractivity contribution in [2.75, 3.05) is 0 Å². The highest BCUT2D eigenvalue weighted by Crippen LogP contribution is 2.44. The lowest BCUT2D eigenvalue weighted by molar-refractivity contribution is 0.669. The molecule has 0 spiro atoms. The van der Waals surface area contributed by atoms with Gasteiger partial charge in [0.15, 0.2) is 0 Å². The van der Waals surface area contributed by atoms with Crippen LogP contribution in [0.5, 0.6) is 0 Å². The van der Waals surface area contributed by atoms with E-state index in [1.807, 2.05) is 20.0 Å². The maximum absolute atomic E-state index is 6.28. The number of furan rings is 1. The Morgan fingerprint density at radius 2 is 0.957 bits per heavy atom. The monoisotopic (exact) mass is 903 g/mol. The lowest BCUT2D eigenvalue weighted by atomic mass is 9.86. The zero-order valence-electron chi connectivity index (χ0n) is 40.7. The molecule has 0 bridgehead atoms. The zero-order valence-corrected chi connectivity index (χ0v) is 40.7. The van der Waals surface area contributed by atoms with Gasteiger partial charge < -0.3 is 4.42 Å². The van der Waals surface area contributed by atoms with Crippen LogP contribution in [0.25, 0.3) is 115 Å². The van der Waals surface area contributed by atoms with Gasteiger partial charge >= 0.3 is 0 Å². The Morgan fingerprint density at radius 3 is 1.57 bits per heavy atom. The summed E-state index contributed by atoms with van der Waals surface area (Å²) in [6.45, 7) is 17.1. The number of nitrogens with zero attached hydrogens (tertiary/aromatic N) is 1. The number of fused-ring (bicyclic) bond motifs is 7. The van der Waals surface area contributed by atoms with E-state index < -0.39 is 0 Å². The molecule has 0 saturated carbocycles. The number of aromatic nitrogens is 1. The van der Waals surface area contributed by atoms with Crippen LogP contribution in [0.2, 0.25) is 0 Å². The van der Waals surface area contributed by atoms with E-state index in [4.69, 9.17) is 9.40 Å². The van der Waals surface area contributed by atoms with Crippen molar-refractivity contribution in [3.05, 3.63) is 255 Å². The molecule has 0 fully saturated rings. The summed E-state index contributed by atoms with van der Waals surface area (Å²) in [4.78, 5) is 5.15. The fraction of sp³-hybridized carbons (Fsp3) is 0.0735. The average molecular weight is 904 g/mol. The first kappa shape index (κ1) is 46.5. The second-order valence-electron chi connectivity index (χ2n) is 17.1. The van der Waals surface area contributed by atoms with E-state index in [-0.39, 0.29) is 0 Å². The molecule has 0 aliphatic rings. The van der Waals surface area contributed by atoms with E-state index in [1.54, 1.807) is 12.2 Å². The summed E-state index contributed by atoms with van der Waals surface area (Å²) in [6, 6.07) is 73.8. The fourth-order valence-electron chi connectivity index (χ4n) is 9.53. The van der Waals surface area contributed by atoms with Crippen molar-refractivity contribution in [2.24, 2.45) is 0 Å². The van der Waals surface area contributed by atoms with Gasteiger partial charge in [-0.05, 0) is 139 Å². The van der Waals surface area contributed by atoms with Gasteiger partial charge in [-0.25, -0.2) is 0 Å². The number of hydrogen-bond acceptors (Lipinski definition) is 2. The van der Waals surface area contributed by atoms with E-state index >= 15 is 0 Å². The van der Waals surface area contributed by atoms with Crippen molar-refractivity contribution >= 4 is 70.6 Å². The summed E-state index contributed by atoms with van der Waals surface area (Å²) < 4.78 is 6.28. The number of pyridine rings is 1. The Labute approximate surface area is 412 Å². The molecule has 0 unspecified atom stereocenters. The molecule has 0 aliphatic carbocycles. The van der Waals surface area contributed by atoms with Gasteiger partial charge in [-0.1, -0.05) is 221 Å².